The molecule has 0 fully saturated rings. The van der Waals surface area contributed by atoms with Gasteiger partial charge in [0.1, 0.15) is 0 Å². The van der Waals surface area contributed by atoms with Gasteiger partial charge in [-0.1, -0.05) is 484 Å². The molecule has 0 heteroatoms. The van der Waals surface area contributed by atoms with Gasteiger partial charge in [0.25, 0.3) is 0 Å². The van der Waals surface area contributed by atoms with E-state index in [-0.39, 0.29) is 10.8 Å². The number of hydrogen-bond donors (Lipinski definition) is 0. The molecule has 0 saturated heterocycles. The molecule has 560 valence electrons. The van der Waals surface area contributed by atoms with Crippen molar-refractivity contribution in [3.63, 3.8) is 0 Å². The zero-order chi connectivity index (χ0) is 79.5. The first-order valence-corrected chi connectivity index (χ1v) is 40.2. The third-order valence-corrected chi connectivity index (χ3v) is 22.2. The molecule has 18 aromatic rings. The Labute approximate surface area is 683 Å². The summed E-state index contributed by atoms with van der Waals surface area (Å²) in [7, 11) is 0. The lowest BCUT2D eigenvalue weighted by molar-refractivity contribution is 0.660. The zero-order valence-corrected chi connectivity index (χ0v) is 67.6. The van der Waals surface area contributed by atoms with Crippen LogP contribution >= 0.6 is 0 Å². The molecule has 115 heavy (non-hydrogen) atoms. The van der Waals surface area contributed by atoms with E-state index in [1.54, 1.807) is 0 Å². The molecule has 0 bridgehead atoms. The molecule has 0 radical (unpaired) electrons. The molecule has 18 aromatic carbocycles. The van der Waals surface area contributed by atoms with E-state index in [1.165, 1.54) is 172 Å². The van der Waals surface area contributed by atoms with E-state index in [9.17, 15) is 0 Å². The van der Waals surface area contributed by atoms with Crippen molar-refractivity contribution in [3.8, 4) is 77.9 Å². The quantitative estimate of drug-likeness (QED) is 0.149. The maximum Gasteiger partial charge on any atom is 0.0713 e. The minimum Gasteiger partial charge on any atom is -0.0622 e. The highest BCUT2D eigenvalue weighted by molar-refractivity contribution is 5.97. The van der Waals surface area contributed by atoms with E-state index in [1.807, 2.05) is 18.2 Å². The lowest BCUT2D eigenvalue weighted by atomic mass is 9.67. The zero-order valence-electron chi connectivity index (χ0n) is 67.6. The molecule has 0 N–H and O–H groups in total. The van der Waals surface area contributed by atoms with E-state index in [0.717, 1.165) is 0 Å². The van der Waals surface area contributed by atoms with Crippen LogP contribution in [0.5, 0.6) is 0 Å². The summed E-state index contributed by atoms with van der Waals surface area (Å²) in [5.74, 6) is 0. The van der Waals surface area contributed by atoms with Crippen LogP contribution in [0.3, 0.4) is 0 Å². The first-order chi connectivity index (χ1) is 56.2. The van der Waals surface area contributed by atoms with Gasteiger partial charge >= 0.3 is 0 Å². The number of aryl methyl sites for hydroxylation is 7. The molecule has 0 unspecified atom stereocenters. The number of fused-ring (bicyclic) bond motifs is 8. The smallest absolute Gasteiger partial charge is 0.0622 e. The minimum atomic E-state index is -0.263. The van der Waals surface area contributed by atoms with Gasteiger partial charge in [-0.05, 0) is 193 Å². The summed E-state index contributed by atoms with van der Waals surface area (Å²) in [6, 6.07) is 158. The van der Waals surface area contributed by atoms with Crippen molar-refractivity contribution in [1.82, 2.24) is 0 Å². The van der Waals surface area contributed by atoms with E-state index >= 15 is 0 Å². The molecule has 0 saturated carbocycles. The van der Waals surface area contributed by atoms with Crippen LogP contribution in [-0.2, 0) is 10.8 Å². The summed E-state index contributed by atoms with van der Waals surface area (Å²) in [6.07, 6.45) is 0. The number of benzene rings is 18. The Balaban J connectivity index is 0.000000113. The van der Waals surface area contributed by atoms with Crippen molar-refractivity contribution < 1.29 is 0 Å². The van der Waals surface area contributed by atoms with Crippen LogP contribution in [0.4, 0.5) is 0 Å². The Morgan fingerprint density at radius 3 is 1.05 bits per heavy atom. The topological polar surface area (TPSA) is 0 Å². The van der Waals surface area contributed by atoms with Gasteiger partial charge in [0, 0.05) is 5.41 Å². The van der Waals surface area contributed by atoms with Crippen LogP contribution < -0.4 is 0 Å². The van der Waals surface area contributed by atoms with Crippen LogP contribution in [0.2, 0.25) is 0 Å². The van der Waals surface area contributed by atoms with Gasteiger partial charge in [0.05, 0.1) is 5.41 Å². The highest BCUT2D eigenvalue weighted by Crippen LogP contribution is 2.56. The Hall–Kier alpha value is -13.5. The van der Waals surface area contributed by atoms with Crippen molar-refractivity contribution in [2.24, 2.45) is 0 Å². The average molecular weight is 1480 g/mol. The second kappa shape index (κ2) is 36.8. The summed E-state index contributed by atoms with van der Waals surface area (Å²) in [5, 5.41) is 5.21. The van der Waals surface area contributed by atoms with Crippen molar-refractivity contribution in [1.29, 1.82) is 0 Å². The van der Waals surface area contributed by atoms with Crippen LogP contribution in [0.15, 0.2) is 443 Å². The first kappa shape index (κ1) is 78.2. The summed E-state index contributed by atoms with van der Waals surface area (Å²) < 4.78 is 0. The average Bonchev–Trinajstić information content (AvgIpc) is 1.54. The van der Waals surface area contributed by atoms with Gasteiger partial charge in [0.2, 0.25) is 0 Å². The summed E-state index contributed by atoms with van der Waals surface area (Å²) in [5.41, 5.74) is 35.8. The van der Waals surface area contributed by atoms with Gasteiger partial charge in [-0.3, -0.25) is 0 Å². The van der Waals surface area contributed by atoms with Crippen LogP contribution in [0.1, 0.15) is 86.2 Å². The SMILES string of the molecule is Cc1ccc(-c2ccc3ccccc3c2)cc1.Cc1ccc(-c2cccc3ccccc23)cc1.Cc1ccc(-c2ccccc2)cc1.Cc1ccc2c(c1)C(C)(C)c1ccccc1-2.Cc1ccc2c(c1)C(c1ccccc1)(c1ccccc1)c1ccccc1-2.Cc1cccc(-c2ccccc2)c1.Cc1ccccc1-c1ccccc1. The van der Waals surface area contributed by atoms with Crippen molar-refractivity contribution in [2.75, 3.05) is 0 Å². The van der Waals surface area contributed by atoms with E-state index < -0.39 is 0 Å². The van der Waals surface area contributed by atoms with Gasteiger partial charge in [0.15, 0.2) is 0 Å². The van der Waals surface area contributed by atoms with Crippen LogP contribution in [-0.4, -0.2) is 0 Å². The molecule has 0 heterocycles. The van der Waals surface area contributed by atoms with Crippen LogP contribution in [0.25, 0.3) is 99.4 Å². The fourth-order valence-corrected chi connectivity index (χ4v) is 16.0. The monoisotopic (exact) mass is 1480 g/mol. The van der Waals surface area contributed by atoms with Crippen molar-refractivity contribution >= 4 is 21.5 Å². The Morgan fingerprint density at radius 2 is 0.496 bits per heavy atom. The molecule has 0 aliphatic heterocycles. The fraction of sp³-hybridized carbons (Fsp3) is 0.0957. The highest BCUT2D eigenvalue weighted by Gasteiger charge is 2.46. The maximum atomic E-state index is 2.37. The van der Waals surface area contributed by atoms with Crippen molar-refractivity contribution in [2.45, 2.75) is 73.1 Å². The first-order valence-electron chi connectivity index (χ1n) is 40.2. The Bertz CT molecular complexity index is 6140. The van der Waals surface area contributed by atoms with Gasteiger partial charge in [-0.25, -0.2) is 0 Å². The minimum absolute atomic E-state index is 0.151. The molecule has 0 aromatic heterocycles. The summed E-state index contributed by atoms with van der Waals surface area (Å²) in [6.45, 7) is 19.6. The second-order valence-electron chi connectivity index (χ2n) is 30.8. The molecule has 0 atom stereocenters. The molecule has 20 rings (SSSR count). The predicted octanol–water partition coefficient (Wildman–Crippen LogP) is 31.3. The standard InChI is InChI=1S/C26H20.2C17H14.C16H16.3C13H12/c1-19-16-17-23-22-14-8-9-15-24(22)26(25(23)18-19,20-10-4-2-5-11-20)21-12-6-3-7-13-21;1-13-9-11-15(12-10-13)17-8-4-6-14-5-2-3-7-16(14)17;1-13-6-8-15(9-7-13)17-11-10-14-4-2-3-5-16(14)12-17;1-11-8-9-13-12-6-4-5-7-14(12)16(2,3)15(13)10-11;1-11-7-5-6-10-13(11)12-8-3-2-4-9-12;1-11-6-5-9-13(10-11)12-7-3-2-4-8-12;1-11-7-9-13(10-8-11)12-5-3-2-4-6-12/h2-18H,1H3;2*2-12H,1H3;4-10H,1-3H3;3*2-10H,1H3. The van der Waals surface area contributed by atoms with E-state index in [2.05, 4.69) is 487 Å². The predicted molar refractivity (Wildman–Crippen MR) is 495 cm³/mol. The normalized spacial score (nSPS) is 11.8. The molecule has 0 nitrogen and oxygen atoms in total. The van der Waals surface area contributed by atoms with Gasteiger partial charge in [-0.15, -0.1) is 0 Å². The highest BCUT2D eigenvalue weighted by atomic mass is 14.5. The Morgan fingerprint density at radius 1 is 0.165 bits per heavy atom. The van der Waals surface area contributed by atoms with Crippen molar-refractivity contribution in [3.05, 3.63) is 515 Å². The Kier molecular flexibility index (Phi) is 25.0. The third kappa shape index (κ3) is 18.3. The summed E-state index contributed by atoms with van der Waals surface area (Å²) in [4.78, 5) is 0. The largest absolute Gasteiger partial charge is 0.0713 e. The summed E-state index contributed by atoms with van der Waals surface area (Å²) >= 11 is 0. The lowest BCUT2D eigenvalue weighted by Crippen LogP contribution is -2.28. The second-order valence-corrected chi connectivity index (χ2v) is 30.8. The third-order valence-electron chi connectivity index (χ3n) is 22.2. The van der Waals surface area contributed by atoms with Gasteiger partial charge in [-0.2, -0.15) is 0 Å². The molecule has 2 aliphatic carbocycles. The molecular formula is C115H100. The lowest BCUT2D eigenvalue weighted by Gasteiger charge is -2.34. The molecule has 0 amide bonds. The van der Waals surface area contributed by atoms with E-state index in [4.69, 9.17) is 0 Å². The van der Waals surface area contributed by atoms with Gasteiger partial charge < -0.3 is 0 Å². The van der Waals surface area contributed by atoms with E-state index in [0.29, 0.717) is 0 Å². The molecule has 2 aliphatic rings. The number of hydrogen-bond acceptors (Lipinski definition) is 0. The van der Waals surface area contributed by atoms with Crippen LogP contribution in [0, 0.1) is 48.5 Å². The molecule has 0 spiro atoms. The molecular weight excluding hydrogens is 1380 g/mol. The maximum absolute atomic E-state index is 2.37. The number of rotatable bonds is 7. The fourth-order valence-electron chi connectivity index (χ4n) is 16.0.